The van der Waals surface area contributed by atoms with Crippen LogP contribution in [0.15, 0.2) is 24.4 Å². The van der Waals surface area contributed by atoms with Crippen molar-refractivity contribution in [3.8, 4) is 5.75 Å². The monoisotopic (exact) mass is 273 g/mol. The molecule has 2 rings (SSSR count). The maximum atomic E-state index is 5.47. The van der Waals surface area contributed by atoms with Crippen molar-refractivity contribution in [2.75, 3.05) is 7.11 Å². The largest absolute Gasteiger partial charge is 0.496 e. The van der Waals surface area contributed by atoms with Crippen molar-refractivity contribution in [3.05, 3.63) is 46.8 Å². The summed E-state index contributed by atoms with van der Waals surface area (Å²) in [7, 11) is 3.68. The first-order valence-corrected chi connectivity index (χ1v) is 6.88. The molecule has 108 valence electrons. The number of nitrogens with zero attached hydrogens (tertiary/aromatic N) is 2. The Morgan fingerprint density at radius 2 is 2.10 bits per heavy atom. The lowest BCUT2D eigenvalue weighted by Crippen LogP contribution is -2.19. The summed E-state index contributed by atoms with van der Waals surface area (Å²) in [6.45, 7) is 7.11. The van der Waals surface area contributed by atoms with Crippen LogP contribution in [0.1, 0.15) is 35.3 Å². The maximum Gasteiger partial charge on any atom is 0.123 e. The molecular formula is C16H23N3O. The van der Waals surface area contributed by atoms with Crippen LogP contribution >= 0.6 is 0 Å². The summed E-state index contributed by atoms with van der Waals surface area (Å²) < 4.78 is 7.37. The molecule has 1 atom stereocenters. The van der Waals surface area contributed by atoms with E-state index in [4.69, 9.17) is 4.74 Å². The summed E-state index contributed by atoms with van der Waals surface area (Å²) >= 11 is 0. The number of ether oxygens (including phenoxy) is 1. The zero-order valence-corrected chi connectivity index (χ0v) is 12.9. The molecule has 1 N–H and O–H groups in total. The average molecular weight is 273 g/mol. The molecule has 0 bridgehead atoms. The average Bonchev–Trinajstić information content (AvgIpc) is 2.76. The van der Waals surface area contributed by atoms with Crippen molar-refractivity contribution >= 4 is 0 Å². The maximum absolute atomic E-state index is 5.47. The molecular weight excluding hydrogens is 250 g/mol. The lowest BCUT2D eigenvalue weighted by Gasteiger charge is -2.17. The van der Waals surface area contributed by atoms with Gasteiger partial charge in [0.2, 0.25) is 0 Å². The third-order valence-corrected chi connectivity index (χ3v) is 3.79. The van der Waals surface area contributed by atoms with Crippen LogP contribution in [0, 0.1) is 13.8 Å². The lowest BCUT2D eigenvalue weighted by molar-refractivity contribution is 0.401. The Hall–Kier alpha value is -1.81. The summed E-state index contributed by atoms with van der Waals surface area (Å²) in [6.07, 6.45) is 1.92. The summed E-state index contributed by atoms with van der Waals surface area (Å²) in [5.41, 5.74) is 4.81. The molecule has 20 heavy (non-hydrogen) atoms. The number of aromatic nitrogens is 2. The fourth-order valence-electron chi connectivity index (χ4n) is 2.27. The molecule has 2 aromatic rings. The minimum absolute atomic E-state index is 0.227. The third-order valence-electron chi connectivity index (χ3n) is 3.79. The van der Waals surface area contributed by atoms with Crippen molar-refractivity contribution in [1.29, 1.82) is 0 Å². The number of hydrogen-bond acceptors (Lipinski definition) is 3. The molecule has 1 aromatic carbocycles. The Labute approximate surface area is 120 Å². The first-order chi connectivity index (χ1) is 9.52. The van der Waals surface area contributed by atoms with Gasteiger partial charge in [-0.1, -0.05) is 12.1 Å². The summed E-state index contributed by atoms with van der Waals surface area (Å²) in [6, 6.07) is 6.54. The second-order valence-electron chi connectivity index (χ2n) is 5.23. The Bertz CT molecular complexity index is 589. The fraction of sp³-hybridized carbons (Fsp3) is 0.438. The lowest BCUT2D eigenvalue weighted by atomic mass is 10.0. The normalized spacial score (nSPS) is 12.4. The molecule has 0 aliphatic heterocycles. The third kappa shape index (κ3) is 3.02. The van der Waals surface area contributed by atoms with Crippen molar-refractivity contribution in [2.24, 2.45) is 7.05 Å². The van der Waals surface area contributed by atoms with Gasteiger partial charge < -0.3 is 10.1 Å². The van der Waals surface area contributed by atoms with Gasteiger partial charge in [-0.05, 0) is 32.4 Å². The number of rotatable bonds is 5. The van der Waals surface area contributed by atoms with Gasteiger partial charge in [0, 0.05) is 36.5 Å². The Kier molecular flexibility index (Phi) is 4.45. The van der Waals surface area contributed by atoms with E-state index in [0.29, 0.717) is 0 Å². The predicted octanol–water partition coefficient (Wildman–Crippen LogP) is 2.90. The first-order valence-electron chi connectivity index (χ1n) is 6.88. The molecule has 0 fully saturated rings. The summed E-state index contributed by atoms with van der Waals surface area (Å²) in [5, 5.41) is 7.79. The predicted molar refractivity (Wildman–Crippen MR) is 80.9 cm³/mol. The second kappa shape index (κ2) is 6.09. The van der Waals surface area contributed by atoms with Gasteiger partial charge in [-0.3, -0.25) is 4.68 Å². The highest BCUT2D eigenvalue weighted by atomic mass is 16.5. The van der Waals surface area contributed by atoms with Gasteiger partial charge in [0.15, 0.2) is 0 Å². The molecule has 1 heterocycles. The van der Waals surface area contributed by atoms with Crippen molar-refractivity contribution in [2.45, 2.75) is 33.4 Å². The smallest absolute Gasteiger partial charge is 0.123 e. The van der Waals surface area contributed by atoms with Gasteiger partial charge in [-0.15, -0.1) is 0 Å². The summed E-state index contributed by atoms with van der Waals surface area (Å²) in [5.74, 6) is 0.938. The molecule has 1 aromatic heterocycles. The Morgan fingerprint density at radius 1 is 1.35 bits per heavy atom. The van der Waals surface area contributed by atoms with Gasteiger partial charge in [0.25, 0.3) is 0 Å². The molecule has 4 heteroatoms. The van der Waals surface area contributed by atoms with Crippen LogP contribution in [0.4, 0.5) is 0 Å². The van der Waals surface area contributed by atoms with E-state index in [1.165, 1.54) is 22.4 Å². The van der Waals surface area contributed by atoms with E-state index >= 15 is 0 Å². The molecule has 0 saturated carbocycles. The van der Waals surface area contributed by atoms with E-state index in [9.17, 15) is 0 Å². The van der Waals surface area contributed by atoms with Crippen molar-refractivity contribution in [1.82, 2.24) is 15.1 Å². The minimum atomic E-state index is 0.227. The van der Waals surface area contributed by atoms with Gasteiger partial charge in [0.05, 0.1) is 13.3 Å². The quantitative estimate of drug-likeness (QED) is 0.910. The van der Waals surface area contributed by atoms with Crippen LogP contribution in [0.5, 0.6) is 5.75 Å². The standard InChI is InChI=1S/C16H23N3O/c1-11-6-7-15(16(8-11)20-5)12(2)17-9-14-10-18-19(4)13(14)3/h6-8,10,12,17H,9H2,1-5H3. The Balaban J connectivity index is 2.08. The zero-order valence-electron chi connectivity index (χ0n) is 12.9. The van der Waals surface area contributed by atoms with Crippen molar-refractivity contribution < 1.29 is 4.74 Å². The van der Waals surface area contributed by atoms with Gasteiger partial charge in [-0.2, -0.15) is 5.10 Å². The van der Waals surface area contributed by atoms with Crippen LogP contribution in [-0.2, 0) is 13.6 Å². The number of methoxy groups -OCH3 is 1. The number of nitrogens with one attached hydrogen (secondary N) is 1. The second-order valence-corrected chi connectivity index (χ2v) is 5.23. The van der Waals surface area contributed by atoms with E-state index in [1.807, 2.05) is 17.9 Å². The molecule has 1 unspecified atom stereocenters. The van der Waals surface area contributed by atoms with Crippen LogP contribution in [0.25, 0.3) is 0 Å². The van der Waals surface area contributed by atoms with Gasteiger partial charge in [0.1, 0.15) is 5.75 Å². The topological polar surface area (TPSA) is 39.1 Å². The van der Waals surface area contributed by atoms with Crippen molar-refractivity contribution in [3.63, 3.8) is 0 Å². The molecule has 0 amide bonds. The molecule has 0 radical (unpaired) electrons. The summed E-state index contributed by atoms with van der Waals surface area (Å²) in [4.78, 5) is 0. The first kappa shape index (κ1) is 14.6. The van der Waals surface area contributed by atoms with Gasteiger partial charge >= 0.3 is 0 Å². The highest BCUT2D eigenvalue weighted by Gasteiger charge is 2.12. The zero-order chi connectivity index (χ0) is 14.7. The van der Waals surface area contributed by atoms with E-state index < -0.39 is 0 Å². The molecule has 0 spiro atoms. The molecule has 0 saturated heterocycles. The number of aryl methyl sites for hydroxylation is 2. The molecule has 0 aliphatic carbocycles. The van der Waals surface area contributed by atoms with Gasteiger partial charge in [-0.25, -0.2) is 0 Å². The highest BCUT2D eigenvalue weighted by molar-refractivity contribution is 5.39. The number of benzene rings is 1. The van der Waals surface area contributed by atoms with E-state index in [1.54, 1.807) is 7.11 Å². The number of hydrogen-bond donors (Lipinski definition) is 1. The van der Waals surface area contributed by atoms with Crippen LogP contribution in [-0.4, -0.2) is 16.9 Å². The van der Waals surface area contributed by atoms with Crippen LogP contribution < -0.4 is 10.1 Å². The fourth-order valence-corrected chi connectivity index (χ4v) is 2.27. The van der Waals surface area contributed by atoms with E-state index in [2.05, 4.69) is 49.4 Å². The Morgan fingerprint density at radius 3 is 2.70 bits per heavy atom. The SMILES string of the molecule is COc1cc(C)ccc1C(C)NCc1cnn(C)c1C. The molecule has 4 nitrogen and oxygen atoms in total. The van der Waals surface area contributed by atoms with E-state index in [-0.39, 0.29) is 6.04 Å². The van der Waals surface area contributed by atoms with Crippen LogP contribution in [0.2, 0.25) is 0 Å². The minimum Gasteiger partial charge on any atom is -0.496 e. The van der Waals surface area contributed by atoms with Crippen LogP contribution in [0.3, 0.4) is 0 Å². The van der Waals surface area contributed by atoms with E-state index in [0.717, 1.165) is 12.3 Å². The highest BCUT2D eigenvalue weighted by Crippen LogP contribution is 2.26. The molecule has 0 aliphatic rings.